The van der Waals surface area contributed by atoms with Crippen LogP contribution in [0.25, 0.3) is 0 Å². The number of aliphatic carboxylic acids is 1. The lowest BCUT2D eigenvalue weighted by atomic mass is 9.82. The average Bonchev–Trinajstić information content (AvgIpc) is 2.09. The molecule has 0 radical (unpaired) electrons. The van der Waals surface area contributed by atoms with Gasteiger partial charge in [-0.1, -0.05) is 23.7 Å². The van der Waals surface area contributed by atoms with Crippen LogP contribution in [0.2, 0.25) is 5.02 Å². The Morgan fingerprint density at radius 1 is 1.43 bits per heavy atom. The lowest BCUT2D eigenvalue weighted by Crippen LogP contribution is -2.29. The fraction of sp³-hybridized carbons (Fsp3) is 0.364. The van der Waals surface area contributed by atoms with Crippen LogP contribution in [0.5, 0.6) is 0 Å². The molecule has 0 aliphatic heterocycles. The largest absolute Gasteiger partial charge is 0.481 e. The van der Waals surface area contributed by atoms with Crippen molar-refractivity contribution in [3.8, 4) is 0 Å². The van der Waals surface area contributed by atoms with Crippen molar-refractivity contribution in [2.24, 2.45) is 0 Å². The van der Waals surface area contributed by atoms with Gasteiger partial charge in [-0.25, -0.2) is 0 Å². The molecule has 2 nitrogen and oxygen atoms in total. The first-order chi connectivity index (χ1) is 6.37. The Morgan fingerprint density at radius 2 is 2.00 bits per heavy atom. The summed E-state index contributed by atoms with van der Waals surface area (Å²) >= 11 is 5.93. The number of carbonyl (C=O) groups is 1. The zero-order valence-electron chi connectivity index (χ0n) is 8.47. The summed E-state index contributed by atoms with van der Waals surface area (Å²) in [5, 5.41) is 9.68. The van der Waals surface area contributed by atoms with Gasteiger partial charge >= 0.3 is 5.97 Å². The molecule has 0 bridgehead atoms. The molecule has 14 heavy (non-hydrogen) atoms. The van der Waals surface area contributed by atoms with Gasteiger partial charge in [-0.2, -0.15) is 0 Å². The summed E-state index contributed by atoms with van der Waals surface area (Å²) in [4.78, 5) is 11.0. The predicted molar refractivity (Wildman–Crippen MR) is 56.9 cm³/mol. The zero-order valence-corrected chi connectivity index (χ0v) is 9.22. The number of hydrogen-bond donors (Lipinski definition) is 1. The third-order valence-corrected chi connectivity index (χ3v) is 2.89. The van der Waals surface area contributed by atoms with Crippen LogP contribution in [0.4, 0.5) is 0 Å². The van der Waals surface area contributed by atoms with Crippen LogP contribution in [0.15, 0.2) is 18.2 Å². The van der Waals surface area contributed by atoms with Crippen LogP contribution in [-0.4, -0.2) is 11.1 Å². The van der Waals surface area contributed by atoms with Crippen LogP contribution in [0.3, 0.4) is 0 Å². The van der Waals surface area contributed by atoms with Gasteiger partial charge in [-0.05, 0) is 38.0 Å². The molecule has 0 aliphatic carbocycles. The maximum Gasteiger partial charge on any atom is 0.313 e. The zero-order chi connectivity index (χ0) is 10.9. The summed E-state index contributed by atoms with van der Waals surface area (Å²) in [7, 11) is 0. The highest BCUT2D eigenvalue weighted by Crippen LogP contribution is 2.30. The predicted octanol–water partition coefficient (Wildman–Crippen LogP) is 3.01. The minimum atomic E-state index is -0.894. The van der Waals surface area contributed by atoms with Gasteiger partial charge in [0, 0.05) is 5.02 Å². The minimum Gasteiger partial charge on any atom is -0.481 e. The summed E-state index contributed by atoms with van der Waals surface area (Å²) in [6.07, 6.45) is 0. The van der Waals surface area contributed by atoms with Crippen molar-refractivity contribution in [2.45, 2.75) is 26.2 Å². The molecule has 1 aromatic rings. The average molecular weight is 213 g/mol. The molecule has 0 heterocycles. The Balaban J connectivity index is 3.33. The van der Waals surface area contributed by atoms with Crippen molar-refractivity contribution in [1.82, 2.24) is 0 Å². The lowest BCUT2D eigenvalue weighted by Gasteiger charge is -2.22. The number of rotatable bonds is 2. The third kappa shape index (κ3) is 1.75. The highest BCUT2D eigenvalue weighted by molar-refractivity contribution is 6.31. The second-order valence-corrected chi connectivity index (χ2v) is 4.25. The Labute approximate surface area is 88.5 Å². The van der Waals surface area contributed by atoms with Crippen LogP contribution in [0, 0.1) is 6.92 Å². The lowest BCUT2D eigenvalue weighted by molar-refractivity contribution is -0.142. The van der Waals surface area contributed by atoms with Crippen LogP contribution >= 0.6 is 11.6 Å². The van der Waals surface area contributed by atoms with E-state index < -0.39 is 11.4 Å². The fourth-order valence-electron chi connectivity index (χ4n) is 1.40. The summed E-state index contributed by atoms with van der Waals surface area (Å²) in [5.41, 5.74) is 0.702. The first-order valence-corrected chi connectivity index (χ1v) is 4.74. The van der Waals surface area contributed by atoms with E-state index >= 15 is 0 Å². The molecule has 0 amide bonds. The van der Waals surface area contributed by atoms with Crippen molar-refractivity contribution >= 4 is 17.6 Å². The van der Waals surface area contributed by atoms with Gasteiger partial charge in [0.25, 0.3) is 0 Å². The standard InChI is InChI=1S/C11H13ClO2/c1-7-8(5-4-6-9(7)12)11(2,3)10(13)14/h4-6H,1-3H3,(H,13,14). The van der Waals surface area contributed by atoms with E-state index in [4.69, 9.17) is 16.7 Å². The second-order valence-electron chi connectivity index (χ2n) is 3.84. The van der Waals surface area contributed by atoms with E-state index in [2.05, 4.69) is 0 Å². The molecule has 1 rings (SSSR count). The summed E-state index contributed by atoms with van der Waals surface area (Å²) in [6, 6.07) is 5.34. The molecule has 0 saturated heterocycles. The highest BCUT2D eigenvalue weighted by Gasteiger charge is 2.31. The minimum absolute atomic E-state index is 0.608. The van der Waals surface area contributed by atoms with Crippen molar-refractivity contribution in [1.29, 1.82) is 0 Å². The first kappa shape index (κ1) is 11.1. The number of benzene rings is 1. The van der Waals surface area contributed by atoms with Gasteiger partial charge in [0.15, 0.2) is 0 Å². The topological polar surface area (TPSA) is 37.3 Å². The smallest absolute Gasteiger partial charge is 0.313 e. The Hall–Kier alpha value is -1.02. The number of carboxylic acids is 1. The monoisotopic (exact) mass is 212 g/mol. The molecular weight excluding hydrogens is 200 g/mol. The Kier molecular flexibility index (Phi) is 2.86. The van der Waals surface area contributed by atoms with Crippen molar-refractivity contribution in [3.05, 3.63) is 34.3 Å². The summed E-state index contributed by atoms with van der Waals surface area (Å²) < 4.78 is 0. The molecule has 0 spiro atoms. The molecule has 1 N–H and O–H groups in total. The van der Waals surface area contributed by atoms with Gasteiger partial charge < -0.3 is 5.11 Å². The molecule has 0 saturated carbocycles. The van der Waals surface area contributed by atoms with Gasteiger partial charge in [-0.15, -0.1) is 0 Å². The maximum atomic E-state index is 11.0. The van der Waals surface area contributed by atoms with Gasteiger partial charge in [0.1, 0.15) is 0 Å². The van der Waals surface area contributed by atoms with E-state index in [1.54, 1.807) is 32.0 Å². The van der Waals surface area contributed by atoms with Gasteiger partial charge in [0.05, 0.1) is 5.41 Å². The molecule has 76 valence electrons. The van der Waals surface area contributed by atoms with Crippen LogP contribution < -0.4 is 0 Å². The van der Waals surface area contributed by atoms with Crippen molar-refractivity contribution in [2.75, 3.05) is 0 Å². The molecule has 0 atom stereocenters. The highest BCUT2D eigenvalue weighted by atomic mass is 35.5. The van der Waals surface area contributed by atoms with E-state index in [0.29, 0.717) is 5.02 Å². The normalized spacial score (nSPS) is 11.4. The molecule has 0 aliphatic rings. The van der Waals surface area contributed by atoms with E-state index in [1.165, 1.54) is 0 Å². The van der Waals surface area contributed by atoms with E-state index in [9.17, 15) is 4.79 Å². The van der Waals surface area contributed by atoms with E-state index in [1.807, 2.05) is 6.92 Å². The molecule has 3 heteroatoms. The van der Waals surface area contributed by atoms with Gasteiger partial charge in [0.2, 0.25) is 0 Å². The second kappa shape index (κ2) is 3.62. The maximum absolute atomic E-state index is 11.0. The first-order valence-electron chi connectivity index (χ1n) is 4.36. The number of halogens is 1. The van der Waals surface area contributed by atoms with E-state index in [0.717, 1.165) is 11.1 Å². The number of hydrogen-bond acceptors (Lipinski definition) is 1. The summed E-state index contributed by atoms with van der Waals surface area (Å²) in [5.74, 6) is -0.845. The number of carboxylic acid groups (broad SMARTS) is 1. The van der Waals surface area contributed by atoms with Crippen LogP contribution in [0.1, 0.15) is 25.0 Å². The molecule has 0 fully saturated rings. The molecule has 1 aromatic carbocycles. The van der Waals surface area contributed by atoms with E-state index in [-0.39, 0.29) is 0 Å². The molecule has 0 aromatic heterocycles. The Morgan fingerprint density at radius 3 is 2.50 bits per heavy atom. The SMILES string of the molecule is Cc1c(Cl)cccc1C(C)(C)C(=O)O. The fourth-order valence-corrected chi connectivity index (χ4v) is 1.57. The van der Waals surface area contributed by atoms with Crippen LogP contribution in [-0.2, 0) is 10.2 Å². The van der Waals surface area contributed by atoms with Crippen molar-refractivity contribution in [3.63, 3.8) is 0 Å². The Bertz CT molecular complexity index is 370. The summed E-state index contributed by atoms with van der Waals surface area (Å²) in [6.45, 7) is 5.18. The van der Waals surface area contributed by atoms with Crippen molar-refractivity contribution < 1.29 is 9.90 Å². The third-order valence-electron chi connectivity index (χ3n) is 2.48. The quantitative estimate of drug-likeness (QED) is 0.818. The molecular formula is C11H13ClO2. The van der Waals surface area contributed by atoms with Gasteiger partial charge in [-0.3, -0.25) is 4.79 Å². The molecule has 0 unspecified atom stereocenters.